The van der Waals surface area contributed by atoms with E-state index in [0.717, 1.165) is 30.0 Å². The van der Waals surface area contributed by atoms with Crippen LogP contribution in [0.4, 0.5) is 5.13 Å². The number of nitrogens with zero attached hydrogens (tertiary/aromatic N) is 3. The Morgan fingerprint density at radius 2 is 2.35 bits per heavy atom. The Kier molecular flexibility index (Phi) is 4.42. The van der Waals surface area contributed by atoms with Crippen molar-refractivity contribution >= 4 is 22.4 Å². The van der Waals surface area contributed by atoms with Gasteiger partial charge in [0.25, 0.3) is 0 Å². The summed E-state index contributed by atoms with van der Waals surface area (Å²) < 4.78 is 11.5. The standard InChI is InChI=1S/C18H22N4O3S/c1-11-5-18(15-7-19-16(24-3)4-13(15)9-25-18)10-22(11)8-14-6-20-17(26-14)21-12(2)23/h4,6-7,11H,5,8-10H2,1-3H3,(H,20,21,23)/t11-,18-/m0/s1. The molecule has 0 aromatic carbocycles. The first kappa shape index (κ1) is 17.4. The second-order valence-electron chi connectivity index (χ2n) is 6.94. The summed E-state index contributed by atoms with van der Waals surface area (Å²) in [6.45, 7) is 5.93. The third-order valence-electron chi connectivity index (χ3n) is 5.07. The molecule has 1 amide bonds. The average molecular weight is 374 g/mol. The van der Waals surface area contributed by atoms with Gasteiger partial charge in [0.15, 0.2) is 5.13 Å². The zero-order chi connectivity index (χ0) is 18.3. The lowest BCUT2D eigenvalue weighted by Crippen LogP contribution is -2.31. The third-order valence-corrected chi connectivity index (χ3v) is 5.97. The minimum Gasteiger partial charge on any atom is -0.481 e. The molecule has 1 saturated heterocycles. The fourth-order valence-corrected chi connectivity index (χ4v) is 4.75. The number of carbonyl (C=O) groups is 1. The highest BCUT2D eigenvalue weighted by Gasteiger charge is 2.49. The van der Waals surface area contributed by atoms with Gasteiger partial charge in [-0.25, -0.2) is 9.97 Å². The Hall–Kier alpha value is -2.03. The maximum Gasteiger partial charge on any atom is 0.223 e. The Morgan fingerprint density at radius 1 is 1.50 bits per heavy atom. The fraction of sp³-hybridized carbons (Fsp3) is 0.500. The molecule has 0 radical (unpaired) electrons. The number of likely N-dealkylation sites (tertiary alicyclic amines) is 1. The molecule has 1 spiro atoms. The number of methoxy groups -OCH3 is 1. The zero-order valence-electron chi connectivity index (χ0n) is 15.1. The molecule has 1 N–H and O–H groups in total. The van der Waals surface area contributed by atoms with E-state index < -0.39 is 0 Å². The highest BCUT2D eigenvalue weighted by atomic mass is 32.1. The number of amides is 1. The summed E-state index contributed by atoms with van der Waals surface area (Å²) in [5.74, 6) is 0.528. The van der Waals surface area contributed by atoms with Crippen molar-refractivity contribution in [1.82, 2.24) is 14.9 Å². The molecule has 2 aliphatic heterocycles. The van der Waals surface area contributed by atoms with Crippen LogP contribution >= 0.6 is 11.3 Å². The number of anilines is 1. The van der Waals surface area contributed by atoms with E-state index in [2.05, 4.69) is 27.1 Å². The highest BCUT2D eigenvalue weighted by molar-refractivity contribution is 7.15. The van der Waals surface area contributed by atoms with E-state index in [1.165, 1.54) is 23.8 Å². The number of aromatic nitrogens is 2. The number of rotatable bonds is 4. The molecule has 4 heterocycles. The molecule has 4 rings (SSSR count). The number of ether oxygens (including phenoxy) is 2. The lowest BCUT2D eigenvalue weighted by Gasteiger charge is -2.24. The summed E-state index contributed by atoms with van der Waals surface area (Å²) in [5.41, 5.74) is 2.05. The number of thiazole rings is 1. The molecule has 1 fully saturated rings. The van der Waals surface area contributed by atoms with Crippen LogP contribution in [0.1, 0.15) is 36.3 Å². The van der Waals surface area contributed by atoms with Crippen molar-refractivity contribution in [2.45, 2.75) is 45.1 Å². The predicted molar refractivity (Wildman–Crippen MR) is 98.2 cm³/mol. The number of carbonyl (C=O) groups excluding carboxylic acids is 1. The van der Waals surface area contributed by atoms with Crippen LogP contribution in [0.3, 0.4) is 0 Å². The first-order valence-corrected chi connectivity index (χ1v) is 9.44. The summed E-state index contributed by atoms with van der Waals surface area (Å²) in [6.07, 6.45) is 4.67. The van der Waals surface area contributed by atoms with Gasteiger partial charge in [-0.2, -0.15) is 0 Å². The minimum absolute atomic E-state index is 0.0988. The van der Waals surface area contributed by atoms with Crippen LogP contribution in [0, 0.1) is 0 Å². The van der Waals surface area contributed by atoms with Crippen LogP contribution < -0.4 is 10.1 Å². The van der Waals surface area contributed by atoms with Gasteiger partial charge < -0.3 is 14.8 Å². The molecule has 2 atom stereocenters. The summed E-state index contributed by atoms with van der Waals surface area (Å²) >= 11 is 1.52. The largest absolute Gasteiger partial charge is 0.481 e. The molecule has 26 heavy (non-hydrogen) atoms. The molecule has 2 aromatic heterocycles. The molecule has 0 bridgehead atoms. The van der Waals surface area contributed by atoms with Crippen molar-refractivity contribution in [3.05, 3.63) is 34.5 Å². The van der Waals surface area contributed by atoms with Crippen LogP contribution in [0.25, 0.3) is 0 Å². The average Bonchev–Trinajstić information content (AvgIpc) is 3.27. The molecule has 8 heteroatoms. The molecular formula is C18H22N4O3S. The monoisotopic (exact) mass is 374 g/mol. The number of pyridine rings is 1. The van der Waals surface area contributed by atoms with Gasteiger partial charge in [-0.05, 0) is 18.9 Å². The summed E-state index contributed by atoms with van der Waals surface area (Å²) in [4.78, 5) is 23.4. The predicted octanol–water partition coefficient (Wildman–Crippen LogP) is 2.53. The van der Waals surface area contributed by atoms with E-state index in [9.17, 15) is 4.79 Å². The Morgan fingerprint density at radius 3 is 3.12 bits per heavy atom. The van der Waals surface area contributed by atoms with E-state index >= 15 is 0 Å². The lowest BCUT2D eigenvalue weighted by molar-refractivity contribution is -0.114. The number of nitrogens with one attached hydrogen (secondary N) is 1. The maximum absolute atomic E-state index is 11.2. The topological polar surface area (TPSA) is 76.6 Å². The van der Waals surface area contributed by atoms with Gasteiger partial charge in [0, 0.05) is 55.0 Å². The molecule has 2 aromatic rings. The van der Waals surface area contributed by atoms with E-state index in [1.54, 1.807) is 7.11 Å². The van der Waals surface area contributed by atoms with Crippen LogP contribution in [-0.2, 0) is 28.3 Å². The summed E-state index contributed by atoms with van der Waals surface area (Å²) in [7, 11) is 1.63. The smallest absolute Gasteiger partial charge is 0.223 e. The van der Waals surface area contributed by atoms with Gasteiger partial charge in [0.05, 0.1) is 13.7 Å². The molecule has 2 aliphatic rings. The van der Waals surface area contributed by atoms with Gasteiger partial charge in [-0.1, -0.05) is 0 Å². The van der Waals surface area contributed by atoms with Gasteiger partial charge in [0.2, 0.25) is 11.8 Å². The van der Waals surface area contributed by atoms with E-state index in [4.69, 9.17) is 9.47 Å². The van der Waals surface area contributed by atoms with Crippen molar-refractivity contribution in [3.63, 3.8) is 0 Å². The molecule has 0 unspecified atom stereocenters. The number of hydrogen-bond acceptors (Lipinski definition) is 7. The normalized spacial score (nSPS) is 24.8. The van der Waals surface area contributed by atoms with Crippen molar-refractivity contribution < 1.29 is 14.3 Å². The van der Waals surface area contributed by atoms with E-state index in [0.29, 0.717) is 23.7 Å². The van der Waals surface area contributed by atoms with Crippen LogP contribution in [0.5, 0.6) is 5.88 Å². The van der Waals surface area contributed by atoms with Gasteiger partial charge >= 0.3 is 0 Å². The third kappa shape index (κ3) is 3.08. The van der Waals surface area contributed by atoms with Crippen molar-refractivity contribution in [3.8, 4) is 5.88 Å². The zero-order valence-corrected chi connectivity index (χ0v) is 15.9. The van der Waals surface area contributed by atoms with Crippen molar-refractivity contribution in [1.29, 1.82) is 0 Å². The Balaban J connectivity index is 1.50. The molecule has 138 valence electrons. The number of fused-ring (bicyclic) bond motifs is 2. The molecular weight excluding hydrogens is 352 g/mol. The molecule has 0 aliphatic carbocycles. The van der Waals surface area contributed by atoms with Crippen LogP contribution in [0.15, 0.2) is 18.5 Å². The van der Waals surface area contributed by atoms with Gasteiger partial charge in [-0.15, -0.1) is 11.3 Å². The van der Waals surface area contributed by atoms with Gasteiger partial charge in [-0.3, -0.25) is 9.69 Å². The first-order chi connectivity index (χ1) is 12.5. The van der Waals surface area contributed by atoms with Crippen molar-refractivity contribution in [2.75, 3.05) is 19.0 Å². The first-order valence-electron chi connectivity index (χ1n) is 8.63. The van der Waals surface area contributed by atoms with E-state index in [-0.39, 0.29) is 11.5 Å². The Labute approximate surface area is 156 Å². The molecule has 0 saturated carbocycles. The minimum atomic E-state index is -0.292. The second kappa shape index (κ2) is 6.61. The fourth-order valence-electron chi connectivity index (χ4n) is 3.87. The SMILES string of the molecule is COc1cc2c(cn1)[C@@]1(C[C@H](C)N(Cc3cnc(NC(C)=O)s3)C1)OC2. The Bertz CT molecular complexity index is 840. The lowest BCUT2D eigenvalue weighted by atomic mass is 9.92. The van der Waals surface area contributed by atoms with Crippen molar-refractivity contribution in [2.24, 2.45) is 0 Å². The quantitative estimate of drug-likeness (QED) is 0.886. The molecule has 7 nitrogen and oxygen atoms in total. The van der Waals surface area contributed by atoms with Crippen LogP contribution in [0.2, 0.25) is 0 Å². The maximum atomic E-state index is 11.2. The summed E-state index contributed by atoms with van der Waals surface area (Å²) in [5, 5.41) is 3.38. The van der Waals surface area contributed by atoms with Gasteiger partial charge in [0.1, 0.15) is 5.60 Å². The number of hydrogen-bond donors (Lipinski definition) is 1. The van der Waals surface area contributed by atoms with E-state index in [1.807, 2.05) is 18.5 Å². The second-order valence-corrected chi connectivity index (χ2v) is 8.05. The highest BCUT2D eigenvalue weighted by Crippen LogP contribution is 2.46. The summed E-state index contributed by atoms with van der Waals surface area (Å²) in [6, 6.07) is 2.36. The van der Waals surface area contributed by atoms with Crippen LogP contribution in [-0.4, -0.2) is 40.5 Å².